The minimum Gasteiger partial charge on any atom is -0.360 e. The predicted molar refractivity (Wildman–Crippen MR) is 84.7 cm³/mol. The van der Waals surface area contributed by atoms with Crippen LogP contribution in [0, 0.1) is 13.8 Å². The molecule has 23 heavy (non-hydrogen) atoms. The number of carbonyl (C=O) groups is 1. The Morgan fingerprint density at radius 3 is 2.22 bits per heavy atom. The molecule has 1 amide bonds. The maximum Gasteiger partial charge on any atom is 0.248 e. The zero-order valence-electron chi connectivity index (χ0n) is 13.1. The topological polar surface area (TPSA) is 110 Å². The highest BCUT2D eigenvalue weighted by atomic mass is 35.5. The van der Waals surface area contributed by atoms with Crippen LogP contribution in [0.3, 0.4) is 0 Å². The highest BCUT2D eigenvalue weighted by molar-refractivity contribution is 7.89. The lowest BCUT2D eigenvalue weighted by Crippen LogP contribution is -2.55. The van der Waals surface area contributed by atoms with Crippen LogP contribution in [0.5, 0.6) is 0 Å². The summed E-state index contributed by atoms with van der Waals surface area (Å²) in [5.41, 5.74) is 5.57. The highest BCUT2D eigenvalue weighted by Crippen LogP contribution is 2.34. The van der Waals surface area contributed by atoms with E-state index < -0.39 is 15.6 Å². The Labute approximate surface area is 141 Å². The standard InChI is InChI=1S/C13H20N4O4S.ClH/c1-9-11(10(2)21-15-9)22(19,20)17-7-5-16(6-8-17)12(18)13(14)3-4-13;/h3-8,14H2,1-2H3;1H. The normalized spacial score (nSPS) is 20.9. The van der Waals surface area contributed by atoms with Crippen molar-refractivity contribution < 1.29 is 17.7 Å². The van der Waals surface area contributed by atoms with Crippen LogP contribution in [-0.2, 0) is 14.8 Å². The molecule has 0 aromatic carbocycles. The number of nitrogens with two attached hydrogens (primary N) is 1. The van der Waals surface area contributed by atoms with E-state index in [0.717, 1.165) is 0 Å². The fourth-order valence-corrected chi connectivity index (χ4v) is 4.48. The number of nitrogens with zero attached hydrogens (tertiary/aromatic N) is 3. The molecular weight excluding hydrogens is 344 g/mol. The molecule has 0 bridgehead atoms. The first-order valence-electron chi connectivity index (χ1n) is 7.27. The van der Waals surface area contributed by atoms with Gasteiger partial charge in [0.1, 0.15) is 10.6 Å². The van der Waals surface area contributed by atoms with Gasteiger partial charge >= 0.3 is 0 Å². The van der Waals surface area contributed by atoms with Gasteiger partial charge in [0, 0.05) is 26.2 Å². The summed E-state index contributed by atoms with van der Waals surface area (Å²) in [4.78, 5) is 14.0. The quantitative estimate of drug-likeness (QED) is 0.810. The summed E-state index contributed by atoms with van der Waals surface area (Å²) >= 11 is 0. The smallest absolute Gasteiger partial charge is 0.248 e. The molecule has 1 saturated carbocycles. The summed E-state index contributed by atoms with van der Waals surface area (Å²) in [6, 6.07) is 0. The number of amides is 1. The first-order chi connectivity index (χ1) is 10.3. The lowest BCUT2D eigenvalue weighted by Gasteiger charge is -2.35. The SMILES string of the molecule is Cc1noc(C)c1S(=O)(=O)N1CCN(C(=O)C2(N)CC2)CC1.Cl. The second-order valence-electron chi connectivity index (χ2n) is 6.01. The lowest BCUT2D eigenvalue weighted by molar-refractivity contribution is -0.134. The van der Waals surface area contributed by atoms with Crippen molar-refractivity contribution >= 4 is 28.3 Å². The Kier molecular flexibility index (Phi) is 4.78. The number of carbonyl (C=O) groups excluding carboxylic acids is 1. The Balaban J connectivity index is 0.00000192. The first-order valence-corrected chi connectivity index (χ1v) is 8.71. The van der Waals surface area contributed by atoms with Crippen LogP contribution in [0.4, 0.5) is 0 Å². The Bertz CT molecular complexity index is 686. The number of hydrogen-bond acceptors (Lipinski definition) is 6. The molecule has 0 spiro atoms. The molecule has 2 N–H and O–H groups in total. The van der Waals surface area contributed by atoms with E-state index in [1.165, 1.54) is 4.31 Å². The van der Waals surface area contributed by atoms with Gasteiger partial charge in [-0.15, -0.1) is 12.4 Å². The van der Waals surface area contributed by atoms with E-state index in [4.69, 9.17) is 10.3 Å². The molecule has 2 aliphatic rings. The van der Waals surface area contributed by atoms with Crippen molar-refractivity contribution in [2.24, 2.45) is 5.73 Å². The summed E-state index contributed by atoms with van der Waals surface area (Å²) in [7, 11) is -3.64. The summed E-state index contributed by atoms with van der Waals surface area (Å²) in [5, 5.41) is 3.70. The Morgan fingerprint density at radius 1 is 1.22 bits per heavy atom. The van der Waals surface area contributed by atoms with Crippen molar-refractivity contribution in [3.05, 3.63) is 11.5 Å². The number of sulfonamides is 1. The third-order valence-corrected chi connectivity index (χ3v) is 6.45. The molecule has 8 nitrogen and oxygen atoms in total. The third kappa shape index (κ3) is 3.10. The molecule has 0 atom stereocenters. The maximum atomic E-state index is 12.7. The Morgan fingerprint density at radius 2 is 1.78 bits per heavy atom. The molecule has 0 unspecified atom stereocenters. The van der Waals surface area contributed by atoms with Crippen molar-refractivity contribution in [1.29, 1.82) is 0 Å². The van der Waals surface area contributed by atoms with E-state index in [1.54, 1.807) is 18.7 Å². The monoisotopic (exact) mass is 364 g/mol. The van der Waals surface area contributed by atoms with Gasteiger partial charge in [0.2, 0.25) is 15.9 Å². The van der Waals surface area contributed by atoms with Gasteiger partial charge in [0.15, 0.2) is 5.76 Å². The first kappa shape index (κ1) is 18.2. The van der Waals surface area contributed by atoms with E-state index in [0.29, 0.717) is 31.6 Å². The van der Waals surface area contributed by atoms with Gasteiger partial charge in [0.25, 0.3) is 0 Å². The van der Waals surface area contributed by atoms with Gasteiger partial charge in [-0.25, -0.2) is 8.42 Å². The second-order valence-corrected chi connectivity index (χ2v) is 7.88. The number of aryl methyl sites for hydroxylation is 2. The molecule has 130 valence electrons. The van der Waals surface area contributed by atoms with Gasteiger partial charge in [0.05, 0.1) is 5.54 Å². The molecular formula is C13H21ClN4O4S. The van der Waals surface area contributed by atoms with Crippen LogP contribution >= 0.6 is 12.4 Å². The maximum absolute atomic E-state index is 12.7. The van der Waals surface area contributed by atoms with Crippen LogP contribution in [0.25, 0.3) is 0 Å². The van der Waals surface area contributed by atoms with Gasteiger partial charge in [-0.1, -0.05) is 5.16 Å². The van der Waals surface area contributed by atoms with E-state index in [9.17, 15) is 13.2 Å². The predicted octanol–water partition coefficient (Wildman–Crippen LogP) is 0.0374. The lowest BCUT2D eigenvalue weighted by atomic mass is 10.2. The summed E-state index contributed by atoms with van der Waals surface area (Å²) in [6.45, 7) is 4.43. The molecule has 2 heterocycles. The average molecular weight is 365 g/mol. The third-order valence-electron chi connectivity index (χ3n) is 4.31. The highest BCUT2D eigenvalue weighted by Gasteiger charge is 2.49. The molecule has 0 radical (unpaired) electrons. The second kappa shape index (κ2) is 6.04. The number of rotatable bonds is 3. The molecule has 3 rings (SSSR count). The van der Waals surface area contributed by atoms with Crippen LogP contribution in [0.1, 0.15) is 24.3 Å². The van der Waals surface area contributed by atoms with Crippen LogP contribution < -0.4 is 5.73 Å². The number of aromatic nitrogens is 1. The molecule has 1 aromatic heterocycles. The zero-order valence-corrected chi connectivity index (χ0v) is 14.7. The number of piperazine rings is 1. The van der Waals surface area contributed by atoms with Crippen molar-refractivity contribution in [3.8, 4) is 0 Å². The average Bonchev–Trinajstić information content (AvgIpc) is 3.14. The number of halogens is 1. The molecule has 1 aromatic rings. The van der Waals surface area contributed by atoms with E-state index in [-0.39, 0.29) is 42.1 Å². The minimum absolute atomic E-state index is 0. The van der Waals surface area contributed by atoms with Gasteiger partial charge in [-0.2, -0.15) is 4.31 Å². The van der Waals surface area contributed by atoms with Crippen LogP contribution in [-0.4, -0.2) is 60.4 Å². The van der Waals surface area contributed by atoms with Crippen molar-refractivity contribution in [3.63, 3.8) is 0 Å². The minimum atomic E-state index is -3.64. The van der Waals surface area contributed by atoms with Crippen molar-refractivity contribution in [2.75, 3.05) is 26.2 Å². The van der Waals surface area contributed by atoms with Crippen molar-refractivity contribution in [2.45, 2.75) is 37.1 Å². The molecule has 1 saturated heterocycles. The van der Waals surface area contributed by atoms with Crippen LogP contribution in [0.2, 0.25) is 0 Å². The summed E-state index contributed by atoms with van der Waals surface area (Å²) < 4.78 is 31.7. The van der Waals surface area contributed by atoms with Gasteiger partial charge in [-0.3, -0.25) is 4.79 Å². The fraction of sp³-hybridized carbons (Fsp3) is 0.692. The van der Waals surface area contributed by atoms with E-state index >= 15 is 0 Å². The summed E-state index contributed by atoms with van der Waals surface area (Å²) in [5.74, 6) is 0.219. The fourth-order valence-electron chi connectivity index (χ4n) is 2.77. The molecule has 1 aliphatic heterocycles. The molecule has 2 fully saturated rings. The zero-order chi connectivity index (χ0) is 16.1. The van der Waals surface area contributed by atoms with Gasteiger partial charge < -0.3 is 15.2 Å². The van der Waals surface area contributed by atoms with E-state index in [1.807, 2.05) is 0 Å². The number of hydrogen-bond donors (Lipinski definition) is 1. The van der Waals surface area contributed by atoms with Crippen molar-refractivity contribution in [1.82, 2.24) is 14.4 Å². The molecule has 1 aliphatic carbocycles. The van der Waals surface area contributed by atoms with Gasteiger partial charge in [-0.05, 0) is 26.7 Å². The largest absolute Gasteiger partial charge is 0.360 e. The van der Waals surface area contributed by atoms with Crippen LogP contribution in [0.15, 0.2) is 9.42 Å². The molecule has 10 heteroatoms. The summed E-state index contributed by atoms with van der Waals surface area (Å²) in [6.07, 6.45) is 1.42. The van der Waals surface area contributed by atoms with E-state index in [2.05, 4.69) is 5.16 Å². The Hall–Kier alpha value is -1.16.